The van der Waals surface area contributed by atoms with Gasteiger partial charge in [0.15, 0.2) is 5.82 Å². The monoisotopic (exact) mass is 285 g/mol. The van der Waals surface area contributed by atoms with E-state index >= 15 is 0 Å². The van der Waals surface area contributed by atoms with Crippen LogP contribution in [-0.2, 0) is 6.54 Å². The first-order valence-electron chi connectivity index (χ1n) is 5.53. The maximum Gasteiger partial charge on any atom is 0.170 e. The van der Waals surface area contributed by atoms with Gasteiger partial charge >= 0.3 is 0 Å². The van der Waals surface area contributed by atoms with Gasteiger partial charge in [0.25, 0.3) is 0 Å². The molecule has 0 fully saturated rings. The van der Waals surface area contributed by atoms with Crippen LogP contribution in [0, 0.1) is 0 Å². The van der Waals surface area contributed by atoms with Crippen LogP contribution < -0.4 is 5.32 Å². The fourth-order valence-electron chi connectivity index (χ4n) is 1.47. The van der Waals surface area contributed by atoms with Gasteiger partial charge in [-0.25, -0.2) is 0 Å². The third-order valence-electron chi connectivity index (χ3n) is 2.29. The van der Waals surface area contributed by atoms with E-state index in [1.54, 1.807) is 22.9 Å². The zero-order chi connectivity index (χ0) is 13.1. The largest absolute Gasteiger partial charge is 0.308 e. The van der Waals surface area contributed by atoms with E-state index in [0.717, 1.165) is 5.69 Å². The van der Waals surface area contributed by atoms with Gasteiger partial charge in [0.05, 0.1) is 12.2 Å². The SMILES string of the molecule is CC(C)NCc1nnnn1-c1cc(Cl)cc(Cl)c1. The number of tetrazole rings is 1. The van der Waals surface area contributed by atoms with E-state index in [2.05, 4.69) is 34.7 Å². The van der Waals surface area contributed by atoms with E-state index in [0.29, 0.717) is 28.5 Å². The maximum absolute atomic E-state index is 5.96. The summed E-state index contributed by atoms with van der Waals surface area (Å²) in [5, 5.41) is 16.0. The van der Waals surface area contributed by atoms with Gasteiger partial charge in [-0.3, -0.25) is 0 Å². The Morgan fingerprint density at radius 3 is 2.50 bits per heavy atom. The van der Waals surface area contributed by atoms with Crippen LogP contribution in [0.15, 0.2) is 18.2 Å². The number of benzene rings is 1. The lowest BCUT2D eigenvalue weighted by molar-refractivity contribution is 0.563. The van der Waals surface area contributed by atoms with Crippen molar-refractivity contribution in [3.8, 4) is 5.69 Å². The molecule has 2 rings (SSSR count). The molecule has 0 radical (unpaired) electrons. The van der Waals surface area contributed by atoms with Crippen molar-refractivity contribution in [1.82, 2.24) is 25.5 Å². The zero-order valence-corrected chi connectivity index (χ0v) is 11.6. The topological polar surface area (TPSA) is 55.6 Å². The number of nitrogens with zero attached hydrogens (tertiary/aromatic N) is 4. The highest BCUT2D eigenvalue weighted by atomic mass is 35.5. The third kappa shape index (κ3) is 3.19. The summed E-state index contributed by atoms with van der Waals surface area (Å²) in [6.07, 6.45) is 0. The number of halogens is 2. The number of hydrogen-bond donors (Lipinski definition) is 1. The Balaban J connectivity index is 2.30. The predicted octanol–water partition coefficient (Wildman–Crippen LogP) is 2.47. The van der Waals surface area contributed by atoms with Crippen LogP contribution in [0.4, 0.5) is 0 Å². The Hall–Kier alpha value is -1.17. The van der Waals surface area contributed by atoms with Gasteiger partial charge in [-0.15, -0.1) is 5.10 Å². The molecule has 2 aromatic rings. The molecule has 1 aromatic heterocycles. The van der Waals surface area contributed by atoms with Crippen LogP contribution in [-0.4, -0.2) is 26.2 Å². The standard InChI is InChI=1S/C11H13Cl2N5/c1-7(2)14-6-11-15-16-17-18(11)10-4-8(12)3-9(13)5-10/h3-5,7,14H,6H2,1-2H3. The molecule has 0 aliphatic rings. The molecule has 1 heterocycles. The van der Waals surface area contributed by atoms with Crippen molar-refractivity contribution in [2.24, 2.45) is 0 Å². The molecule has 0 bridgehead atoms. The molecule has 0 saturated heterocycles. The molecule has 0 unspecified atom stereocenters. The van der Waals surface area contributed by atoms with Gasteiger partial charge in [0.2, 0.25) is 0 Å². The second kappa shape index (κ2) is 5.65. The molecule has 7 heteroatoms. The zero-order valence-electron chi connectivity index (χ0n) is 10.1. The van der Waals surface area contributed by atoms with Crippen molar-refractivity contribution in [2.45, 2.75) is 26.4 Å². The summed E-state index contributed by atoms with van der Waals surface area (Å²) in [6.45, 7) is 4.70. The van der Waals surface area contributed by atoms with Crippen LogP contribution in [0.25, 0.3) is 5.69 Å². The second-order valence-corrected chi connectivity index (χ2v) is 5.04. The molecule has 1 aromatic carbocycles. The molecular weight excluding hydrogens is 273 g/mol. The van der Waals surface area contributed by atoms with Crippen molar-refractivity contribution in [3.63, 3.8) is 0 Å². The fourth-order valence-corrected chi connectivity index (χ4v) is 1.99. The molecular formula is C11H13Cl2N5. The maximum atomic E-state index is 5.96. The highest BCUT2D eigenvalue weighted by Crippen LogP contribution is 2.21. The van der Waals surface area contributed by atoms with E-state index in [1.165, 1.54) is 0 Å². The first-order valence-corrected chi connectivity index (χ1v) is 6.29. The summed E-state index contributed by atoms with van der Waals surface area (Å²) in [5.74, 6) is 0.710. The average Bonchev–Trinajstić information content (AvgIpc) is 2.72. The molecule has 1 N–H and O–H groups in total. The normalized spacial score (nSPS) is 11.2. The minimum Gasteiger partial charge on any atom is -0.308 e. The minimum atomic E-state index is 0.359. The highest BCUT2D eigenvalue weighted by molar-refractivity contribution is 6.34. The summed E-state index contributed by atoms with van der Waals surface area (Å²) < 4.78 is 1.62. The smallest absolute Gasteiger partial charge is 0.170 e. The van der Waals surface area contributed by atoms with Gasteiger partial charge < -0.3 is 5.32 Å². The Bertz CT molecular complexity index is 518. The molecule has 0 aliphatic heterocycles. The Morgan fingerprint density at radius 1 is 1.22 bits per heavy atom. The van der Waals surface area contributed by atoms with Crippen LogP contribution in [0.3, 0.4) is 0 Å². The van der Waals surface area contributed by atoms with E-state index in [1.807, 2.05) is 0 Å². The predicted molar refractivity (Wildman–Crippen MR) is 71.1 cm³/mol. The Labute approximate surface area is 115 Å². The molecule has 96 valence electrons. The third-order valence-corrected chi connectivity index (χ3v) is 2.73. The van der Waals surface area contributed by atoms with Crippen molar-refractivity contribution in [3.05, 3.63) is 34.1 Å². The fraction of sp³-hybridized carbons (Fsp3) is 0.364. The second-order valence-electron chi connectivity index (χ2n) is 4.17. The van der Waals surface area contributed by atoms with E-state index in [9.17, 15) is 0 Å². The van der Waals surface area contributed by atoms with Gasteiger partial charge in [-0.1, -0.05) is 37.0 Å². The van der Waals surface area contributed by atoms with E-state index in [4.69, 9.17) is 23.2 Å². The lowest BCUT2D eigenvalue weighted by atomic mass is 10.3. The Morgan fingerprint density at radius 2 is 1.89 bits per heavy atom. The highest BCUT2D eigenvalue weighted by Gasteiger charge is 2.09. The van der Waals surface area contributed by atoms with E-state index < -0.39 is 0 Å². The Kier molecular flexibility index (Phi) is 4.16. The van der Waals surface area contributed by atoms with Crippen LogP contribution in [0.1, 0.15) is 19.7 Å². The summed E-state index contributed by atoms with van der Waals surface area (Å²) in [6, 6.07) is 5.56. The first kappa shape index (κ1) is 13.3. The van der Waals surface area contributed by atoms with Gasteiger partial charge in [-0.05, 0) is 28.6 Å². The molecule has 18 heavy (non-hydrogen) atoms. The quantitative estimate of drug-likeness (QED) is 0.938. The van der Waals surface area contributed by atoms with E-state index in [-0.39, 0.29) is 0 Å². The van der Waals surface area contributed by atoms with Crippen molar-refractivity contribution >= 4 is 23.2 Å². The number of hydrogen-bond acceptors (Lipinski definition) is 4. The number of rotatable bonds is 4. The van der Waals surface area contributed by atoms with Gasteiger partial charge in [0.1, 0.15) is 0 Å². The summed E-state index contributed by atoms with van der Waals surface area (Å²) in [4.78, 5) is 0. The summed E-state index contributed by atoms with van der Waals surface area (Å²) >= 11 is 11.9. The first-order chi connectivity index (χ1) is 8.56. The van der Waals surface area contributed by atoms with Crippen molar-refractivity contribution in [2.75, 3.05) is 0 Å². The lowest BCUT2D eigenvalue weighted by Gasteiger charge is -2.08. The number of nitrogens with one attached hydrogen (secondary N) is 1. The molecule has 0 saturated carbocycles. The lowest BCUT2D eigenvalue weighted by Crippen LogP contribution is -2.24. The van der Waals surface area contributed by atoms with Gasteiger partial charge in [0, 0.05) is 16.1 Å². The molecule has 0 aliphatic carbocycles. The molecule has 5 nitrogen and oxygen atoms in total. The molecule has 0 atom stereocenters. The molecule has 0 spiro atoms. The minimum absolute atomic E-state index is 0.359. The van der Waals surface area contributed by atoms with Crippen molar-refractivity contribution < 1.29 is 0 Å². The van der Waals surface area contributed by atoms with Crippen LogP contribution in [0.2, 0.25) is 10.0 Å². The number of aromatic nitrogens is 4. The van der Waals surface area contributed by atoms with Crippen LogP contribution in [0.5, 0.6) is 0 Å². The van der Waals surface area contributed by atoms with Crippen LogP contribution >= 0.6 is 23.2 Å². The van der Waals surface area contributed by atoms with Gasteiger partial charge in [-0.2, -0.15) is 4.68 Å². The summed E-state index contributed by atoms with van der Waals surface area (Å²) in [5.41, 5.74) is 0.748. The molecule has 0 amide bonds. The average molecular weight is 286 g/mol. The van der Waals surface area contributed by atoms with Crippen molar-refractivity contribution in [1.29, 1.82) is 0 Å². The summed E-state index contributed by atoms with van der Waals surface area (Å²) in [7, 11) is 0.